The summed E-state index contributed by atoms with van der Waals surface area (Å²) in [4.78, 5) is 24.5. The molecule has 0 saturated carbocycles. The van der Waals surface area contributed by atoms with Crippen molar-refractivity contribution in [2.75, 3.05) is 27.9 Å². The Labute approximate surface area is 157 Å². The van der Waals surface area contributed by atoms with Gasteiger partial charge in [-0.25, -0.2) is 9.48 Å². The first-order valence-corrected chi connectivity index (χ1v) is 8.57. The molecule has 0 bridgehead atoms. The van der Waals surface area contributed by atoms with Crippen molar-refractivity contribution in [3.63, 3.8) is 0 Å². The van der Waals surface area contributed by atoms with E-state index >= 15 is 0 Å². The Morgan fingerprint density at radius 2 is 1.70 bits per heavy atom. The summed E-state index contributed by atoms with van der Waals surface area (Å²) in [7, 11) is 4.55. The van der Waals surface area contributed by atoms with Crippen LogP contribution in [0.1, 0.15) is 26.3 Å². The Kier molecular flexibility index (Phi) is 6.81. The highest BCUT2D eigenvalue weighted by atomic mass is 16.5. The lowest BCUT2D eigenvalue weighted by atomic mass is 10.1. The fourth-order valence-electron chi connectivity index (χ4n) is 2.71. The lowest BCUT2D eigenvalue weighted by molar-refractivity contribution is -0.147. The van der Waals surface area contributed by atoms with Crippen LogP contribution in [0, 0.1) is 0 Å². The van der Waals surface area contributed by atoms with Crippen LogP contribution in [0.4, 0.5) is 0 Å². The maximum atomic E-state index is 12.3. The van der Waals surface area contributed by atoms with Crippen LogP contribution < -0.4 is 19.8 Å². The van der Waals surface area contributed by atoms with Gasteiger partial charge in [-0.1, -0.05) is 6.92 Å². The van der Waals surface area contributed by atoms with Gasteiger partial charge >= 0.3 is 5.97 Å². The van der Waals surface area contributed by atoms with Crippen molar-refractivity contribution in [2.24, 2.45) is 0 Å². The number of rotatable bonds is 8. The molecular formula is C19H24N2O6. The van der Waals surface area contributed by atoms with E-state index in [4.69, 9.17) is 18.9 Å². The van der Waals surface area contributed by atoms with Gasteiger partial charge in [-0.3, -0.25) is 4.79 Å². The molecule has 0 spiro atoms. The molecule has 1 aromatic carbocycles. The minimum atomic E-state index is -0.792. The number of aromatic nitrogens is 2. The monoisotopic (exact) mass is 376 g/mol. The lowest BCUT2D eigenvalue weighted by Gasteiger charge is -2.17. The van der Waals surface area contributed by atoms with Crippen LogP contribution in [0.5, 0.6) is 17.2 Å². The fourth-order valence-corrected chi connectivity index (χ4v) is 2.71. The van der Waals surface area contributed by atoms with E-state index < -0.39 is 12.0 Å². The number of benzene rings is 1. The van der Waals surface area contributed by atoms with Crippen LogP contribution in [0.2, 0.25) is 0 Å². The molecule has 1 unspecified atom stereocenters. The topological polar surface area (TPSA) is 88.9 Å². The summed E-state index contributed by atoms with van der Waals surface area (Å²) in [6.45, 7) is 3.74. The first kappa shape index (κ1) is 20.3. The zero-order valence-electron chi connectivity index (χ0n) is 16.1. The third-order valence-corrected chi connectivity index (χ3v) is 4.03. The molecule has 27 heavy (non-hydrogen) atoms. The van der Waals surface area contributed by atoms with E-state index in [1.807, 2.05) is 0 Å². The molecule has 0 radical (unpaired) electrons. The predicted octanol–water partition coefficient (Wildman–Crippen LogP) is 2.45. The average molecular weight is 376 g/mol. The van der Waals surface area contributed by atoms with Gasteiger partial charge in [0, 0.05) is 11.6 Å². The number of nitrogens with zero attached hydrogens (tertiary/aromatic N) is 2. The Balaban J connectivity index is 2.58. The molecule has 8 nitrogen and oxygen atoms in total. The second-order valence-electron chi connectivity index (χ2n) is 5.59. The molecule has 146 valence electrons. The Bertz CT molecular complexity index is 837. The molecule has 1 atom stereocenters. The molecule has 8 heteroatoms. The summed E-state index contributed by atoms with van der Waals surface area (Å²) in [6, 6.07) is 5.61. The second kappa shape index (κ2) is 9.07. The SMILES string of the molecule is CCOC(=O)C(CC)n1nc(-c2cc(OC)c(OC)c(OC)c2)ccc1=O. The normalized spacial score (nSPS) is 11.6. The van der Waals surface area contributed by atoms with Crippen molar-refractivity contribution in [1.29, 1.82) is 0 Å². The van der Waals surface area contributed by atoms with Crippen LogP contribution in [0.15, 0.2) is 29.1 Å². The predicted molar refractivity (Wildman–Crippen MR) is 99.6 cm³/mol. The van der Waals surface area contributed by atoms with Gasteiger partial charge in [0.2, 0.25) is 5.75 Å². The highest BCUT2D eigenvalue weighted by Crippen LogP contribution is 2.40. The number of carbonyl (C=O) groups excluding carboxylic acids is 1. The summed E-state index contributed by atoms with van der Waals surface area (Å²) in [5, 5.41) is 4.37. The van der Waals surface area contributed by atoms with Crippen molar-refractivity contribution in [1.82, 2.24) is 9.78 Å². The molecular weight excluding hydrogens is 352 g/mol. The number of hydrogen-bond acceptors (Lipinski definition) is 7. The van der Waals surface area contributed by atoms with E-state index in [0.717, 1.165) is 4.68 Å². The summed E-state index contributed by atoms with van der Waals surface area (Å²) in [6.07, 6.45) is 0.379. The molecule has 1 heterocycles. The van der Waals surface area contributed by atoms with Crippen molar-refractivity contribution >= 4 is 5.97 Å². The first-order chi connectivity index (χ1) is 13.0. The zero-order valence-corrected chi connectivity index (χ0v) is 16.1. The summed E-state index contributed by atoms with van der Waals surface area (Å²) >= 11 is 0. The van der Waals surface area contributed by atoms with Gasteiger partial charge in [0.25, 0.3) is 5.56 Å². The van der Waals surface area contributed by atoms with Gasteiger partial charge in [-0.15, -0.1) is 0 Å². The van der Waals surface area contributed by atoms with Crippen molar-refractivity contribution in [3.8, 4) is 28.5 Å². The van der Waals surface area contributed by atoms with Crippen LogP contribution in [-0.4, -0.2) is 43.7 Å². The molecule has 2 aromatic rings. The molecule has 0 aliphatic rings. The number of carbonyl (C=O) groups is 1. The summed E-state index contributed by atoms with van der Waals surface area (Å²) in [5.41, 5.74) is 0.750. The van der Waals surface area contributed by atoms with Gasteiger partial charge < -0.3 is 18.9 Å². The highest BCUT2D eigenvalue weighted by Gasteiger charge is 2.23. The van der Waals surface area contributed by atoms with Crippen LogP contribution in [0.25, 0.3) is 11.3 Å². The van der Waals surface area contributed by atoms with Gasteiger partial charge in [0.1, 0.15) is 0 Å². The highest BCUT2D eigenvalue weighted by molar-refractivity contribution is 5.74. The van der Waals surface area contributed by atoms with E-state index in [-0.39, 0.29) is 12.2 Å². The van der Waals surface area contributed by atoms with Gasteiger partial charge in [-0.2, -0.15) is 5.10 Å². The average Bonchev–Trinajstić information content (AvgIpc) is 2.68. The smallest absolute Gasteiger partial charge is 0.331 e. The molecule has 0 aliphatic carbocycles. The maximum Gasteiger partial charge on any atom is 0.331 e. The Morgan fingerprint density at radius 1 is 1.07 bits per heavy atom. The van der Waals surface area contributed by atoms with Gasteiger partial charge in [-0.05, 0) is 31.5 Å². The lowest BCUT2D eigenvalue weighted by Crippen LogP contribution is -2.32. The summed E-state index contributed by atoms with van der Waals surface area (Å²) in [5.74, 6) is 0.888. The van der Waals surface area contributed by atoms with E-state index in [1.54, 1.807) is 32.0 Å². The van der Waals surface area contributed by atoms with Crippen LogP contribution >= 0.6 is 0 Å². The van der Waals surface area contributed by atoms with Crippen LogP contribution in [0.3, 0.4) is 0 Å². The fraction of sp³-hybridized carbons (Fsp3) is 0.421. The van der Waals surface area contributed by atoms with E-state index in [0.29, 0.717) is 34.9 Å². The van der Waals surface area contributed by atoms with Crippen molar-refractivity contribution < 1.29 is 23.7 Å². The molecule has 0 saturated heterocycles. The zero-order chi connectivity index (χ0) is 20.0. The van der Waals surface area contributed by atoms with Gasteiger partial charge in [0.15, 0.2) is 17.5 Å². The van der Waals surface area contributed by atoms with E-state index in [9.17, 15) is 9.59 Å². The van der Waals surface area contributed by atoms with Crippen LogP contribution in [-0.2, 0) is 9.53 Å². The third-order valence-electron chi connectivity index (χ3n) is 4.03. The molecule has 0 aliphatic heterocycles. The van der Waals surface area contributed by atoms with E-state index in [2.05, 4.69) is 5.10 Å². The number of ether oxygens (including phenoxy) is 4. The molecule has 0 amide bonds. The minimum Gasteiger partial charge on any atom is -0.493 e. The van der Waals surface area contributed by atoms with Crippen molar-refractivity contribution in [2.45, 2.75) is 26.3 Å². The Morgan fingerprint density at radius 3 is 2.19 bits per heavy atom. The molecule has 0 fully saturated rings. The third kappa shape index (κ3) is 4.21. The second-order valence-corrected chi connectivity index (χ2v) is 5.59. The minimum absolute atomic E-state index is 0.233. The number of esters is 1. The molecule has 1 aromatic heterocycles. The summed E-state index contributed by atoms with van der Waals surface area (Å²) < 4.78 is 22.2. The van der Waals surface area contributed by atoms with E-state index in [1.165, 1.54) is 27.4 Å². The largest absolute Gasteiger partial charge is 0.493 e. The number of hydrogen-bond donors (Lipinski definition) is 0. The van der Waals surface area contributed by atoms with Gasteiger partial charge in [0.05, 0.1) is 33.6 Å². The standard InChI is InChI=1S/C19H24N2O6/c1-6-14(19(23)27-7-2)21-17(22)9-8-13(20-21)12-10-15(24-3)18(26-5)16(11-12)25-4/h8-11,14H,6-7H2,1-5H3. The van der Waals surface area contributed by atoms with Crippen molar-refractivity contribution in [3.05, 3.63) is 34.6 Å². The quantitative estimate of drug-likeness (QED) is 0.654. The molecule has 0 N–H and O–H groups in total. The molecule has 2 rings (SSSR count). The Hall–Kier alpha value is -3.03. The first-order valence-electron chi connectivity index (χ1n) is 8.57. The number of methoxy groups -OCH3 is 3. The maximum absolute atomic E-state index is 12.3.